The Hall–Kier alpha value is -3.56. The van der Waals surface area contributed by atoms with Gasteiger partial charge in [0.05, 0.1) is 23.5 Å². The second kappa shape index (κ2) is 20.6. The van der Waals surface area contributed by atoms with Crippen molar-refractivity contribution < 1.29 is 0 Å². The topological polar surface area (TPSA) is 51.6 Å². The van der Waals surface area contributed by atoms with Crippen LogP contribution in [0.15, 0.2) is 36.4 Å². The molecule has 0 saturated heterocycles. The molecule has 9 rings (SSSR count). The van der Waals surface area contributed by atoms with Crippen LogP contribution in [0, 0.1) is 27.7 Å². The van der Waals surface area contributed by atoms with Crippen LogP contribution in [-0.2, 0) is 10.8 Å². The minimum Gasteiger partial charge on any atom is -0.173 e. The number of fused-ring (bicyclic) bond motifs is 10. The van der Waals surface area contributed by atoms with Crippen LogP contribution in [0.3, 0.4) is 0 Å². The standard InChI is InChI=1S/C58H72N4S4/c1-9-13-17-21-27-57(28-22-18-14-10-2)44-35-42-45(34-41(44)51-46(57)32-39(7)53-55(51)61-65-59-53)58(29-23-19-15-11-3,30-24-20-16-12-4)47-36-43(54-56(52(42)47)62-66-60-54)50-33-38(6)49(64-50)26-25-48-37(5)31-40(8)63-48/h25-26,31-36H,9-24,27-30H2,1-8H3/b26-25+. The molecular weight excluding hydrogens is 881 g/mol. The van der Waals surface area contributed by atoms with Crippen molar-refractivity contribution in [1.82, 2.24) is 17.5 Å². The first-order chi connectivity index (χ1) is 32.2. The molecule has 0 amide bonds. The highest BCUT2D eigenvalue weighted by Gasteiger charge is 2.49. The molecular formula is C58H72N4S4. The van der Waals surface area contributed by atoms with E-state index in [1.165, 1.54) is 214 Å². The van der Waals surface area contributed by atoms with Gasteiger partial charge in [-0.3, -0.25) is 0 Å². The molecule has 8 heteroatoms. The molecule has 2 aliphatic carbocycles. The first kappa shape index (κ1) is 47.5. The Bertz CT molecular complexity index is 2820. The molecule has 7 aromatic rings. The van der Waals surface area contributed by atoms with Crippen LogP contribution in [-0.4, -0.2) is 17.5 Å². The van der Waals surface area contributed by atoms with Gasteiger partial charge in [0.2, 0.25) is 0 Å². The quantitative estimate of drug-likeness (QED) is 0.0600. The van der Waals surface area contributed by atoms with Gasteiger partial charge in [-0.15, -0.1) is 22.7 Å². The van der Waals surface area contributed by atoms with Gasteiger partial charge in [0.1, 0.15) is 22.1 Å². The maximum Gasteiger partial charge on any atom is 0.114 e. The summed E-state index contributed by atoms with van der Waals surface area (Å²) in [5.74, 6) is 0. The number of benzene rings is 3. The Morgan fingerprint density at radius 1 is 0.409 bits per heavy atom. The van der Waals surface area contributed by atoms with E-state index < -0.39 is 0 Å². The van der Waals surface area contributed by atoms with Crippen molar-refractivity contribution in [3.05, 3.63) is 90.0 Å². The molecule has 0 aliphatic heterocycles. The average molecular weight is 954 g/mol. The predicted octanol–water partition coefficient (Wildman–Crippen LogP) is 19.3. The molecule has 0 N–H and O–H groups in total. The lowest BCUT2D eigenvalue weighted by atomic mass is 9.68. The molecule has 4 heterocycles. The molecule has 66 heavy (non-hydrogen) atoms. The van der Waals surface area contributed by atoms with E-state index in [-0.39, 0.29) is 10.8 Å². The molecule has 3 aromatic carbocycles. The Balaban J connectivity index is 1.29. The lowest BCUT2D eigenvalue weighted by Crippen LogP contribution is -2.27. The maximum absolute atomic E-state index is 5.34. The SMILES string of the molecule is CCCCCCC1(CCCCCC)c2cc3c(cc2-c2c1cc(C)c1nsnc21)C(CCCCCC)(CCCCCC)c1cc(-c2cc(C)c(/C=C/c4sc(C)cc4C)s2)c2nsnc2c1-3. The Kier molecular flexibility index (Phi) is 14.8. The summed E-state index contributed by atoms with van der Waals surface area (Å²) in [5, 5.41) is 0. The third-order valence-electron chi connectivity index (χ3n) is 15.5. The number of thiophene rings is 2. The number of nitrogens with zero attached hydrogens (tertiary/aromatic N) is 4. The molecule has 0 radical (unpaired) electrons. The van der Waals surface area contributed by atoms with Gasteiger partial charge in [0, 0.05) is 47.0 Å². The summed E-state index contributed by atoms with van der Waals surface area (Å²) in [5.41, 5.74) is 21.2. The highest BCUT2D eigenvalue weighted by atomic mass is 32.1. The van der Waals surface area contributed by atoms with Crippen LogP contribution < -0.4 is 0 Å². The van der Waals surface area contributed by atoms with E-state index in [1.807, 2.05) is 22.7 Å². The zero-order chi connectivity index (χ0) is 46.0. The van der Waals surface area contributed by atoms with Crippen molar-refractivity contribution in [2.75, 3.05) is 0 Å². The van der Waals surface area contributed by atoms with Crippen molar-refractivity contribution in [2.24, 2.45) is 0 Å². The number of aromatic nitrogens is 4. The minimum atomic E-state index is -0.116. The highest BCUT2D eigenvalue weighted by Crippen LogP contribution is 2.63. The summed E-state index contributed by atoms with van der Waals surface area (Å²) >= 11 is 6.60. The van der Waals surface area contributed by atoms with Crippen LogP contribution in [0.2, 0.25) is 0 Å². The normalized spacial score (nSPS) is 14.5. The van der Waals surface area contributed by atoms with Crippen LogP contribution in [0.1, 0.15) is 210 Å². The zero-order valence-corrected chi connectivity index (χ0v) is 44.4. The largest absolute Gasteiger partial charge is 0.173 e. The van der Waals surface area contributed by atoms with E-state index in [4.69, 9.17) is 17.5 Å². The molecule has 2 aliphatic rings. The predicted molar refractivity (Wildman–Crippen MR) is 291 cm³/mol. The first-order valence-corrected chi connectivity index (χ1v) is 28.9. The highest BCUT2D eigenvalue weighted by molar-refractivity contribution is 7.17. The van der Waals surface area contributed by atoms with Crippen molar-refractivity contribution in [3.63, 3.8) is 0 Å². The van der Waals surface area contributed by atoms with Crippen LogP contribution >= 0.6 is 46.1 Å². The molecule has 4 aromatic heterocycles. The van der Waals surface area contributed by atoms with Crippen LogP contribution in [0.25, 0.3) is 66.9 Å². The maximum atomic E-state index is 5.34. The number of hydrogen-bond donors (Lipinski definition) is 0. The summed E-state index contributed by atoms with van der Waals surface area (Å²) in [6.07, 6.45) is 29.5. The third kappa shape index (κ3) is 8.61. The monoisotopic (exact) mass is 952 g/mol. The molecule has 4 nitrogen and oxygen atoms in total. The molecule has 0 bridgehead atoms. The average Bonchev–Trinajstić information content (AvgIpc) is 4.18. The fourth-order valence-corrected chi connectivity index (χ4v) is 15.3. The van der Waals surface area contributed by atoms with Gasteiger partial charge in [-0.1, -0.05) is 136 Å². The first-order valence-electron chi connectivity index (χ1n) is 25.8. The molecule has 348 valence electrons. The summed E-state index contributed by atoms with van der Waals surface area (Å²) < 4.78 is 20.7. The van der Waals surface area contributed by atoms with Crippen LogP contribution in [0.5, 0.6) is 0 Å². The summed E-state index contributed by atoms with van der Waals surface area (Å²) in [7, 11) is 0. The van der Waals surface area contributed by atoms with Gasteiger partial charge in [-0.05, 0) is 146 Å². The Morgan fingerprint density at radius 2 is 0.833 bits per heavy atom. The molecule has 0 spiro atoms. The van der Waals surface area contributed by atoms with Crippen LogP contribution in [0.4, 0.5) is 0 Å². The van der Waals surface area contributed by atoms with Crippen molar-refractivity contribution in [3.8, 4) is 32.7 Å². The smallest absolute Gasteiger partial charge is 0.114 e. The summed E-state index contributed by atoms with van der Waals surface area (Å²) in [6, 6.07) is 15.4. The molecule has 0 unspecified atom stereocenters. The second-order valence-corrected chi connectivity index (χ2v) is 23.6. The van der Waals surface area contributed by atoms with E-state index in [9.17, 15) is 0 Å². The number of aryl methyl sites for hydroxylation is 4. The number of hydrogen-bond acceptors (Lipinski definition) is 8. The lowest BCUT2D eigenvalue weighted by Gasteiger charge is -2.35. The molecule has 0 atom stereocenters. The lowest BCUT2D eigenvalue weighted by molar-refractivity contribution is 0.397. The summed E-state index contributed by atoms with van der Waals surface area (Å²) in [6.45, 7) is 18.4. The number of unbranched alkanes of at least 4 members (excludes halogenated alkanes) is 12. The van der Waals surface area contributed by atoms with Gasteiger partial charge in [0.25, 0.3) is 0 Å². The zero-order valence-electron chi connectivity index (χ0n) is 41.2. The van der Waals surface area contributed by atoms with Gasteiger partial charge in [-0.2, -0.15) is 17.5 Å². The van der Waals surface area contributed by atoms with E-state index in [2.05, 4.69) is 104 Å². The Morgan fingerprint density at radius 3 is 1.32 bits per heavy atom. The van der Waals surface area contributed by atoms with Gasteiger partial charge >= 0.3 is 0 Å². The fourth-order valence-electron chi connectivity index (χ4n) is 12.1. The van der Waals surface area contributed by atoms with E-state index in [1.54, 1.807) is 11.1 Å². The fraction of sp³-hybridized carbons (Fsp3) is 0.517. The van der Waals surface area contributed by atoms with E-state index in [0.717, 1.165) is 34.9 Å². The van der Waals surface area contributed by atoms with E-state index >= 15 is 0 Å². The second-order valence-electron chi connectivity index (χ2n) is 20.1. The van der Waals surface area contributed by atoms with Gasteiger partial charge < -0.3 is 0 Å². The third-order valence-corrected chi connectivity index (χ3v) is 19.0. The van der Waals surface area contributed by atoms with Crippen molar-refractivity contribution >= 4 is 80.3 Å². The van der Waals surface area contributed by atoms with E-state index in [0.29, 0.717) is 0 Å². The molecule has 0 saturated carbocycles. The minimum absolute atomic E-state index is 0.0600. The van der Waals surface area contributed by atoms with Gasteiger partial charge in [0.15, 0.2) is 0 Å². The Labute approximate surface area is 412 Å². The summed E-state index contributed by atoms with van der Waals surface area (Å²) in [4.78, 5) is 5.34. The van der Waals surface area contributed by atoms with Crippen molar-refractivity contribution in [2.45, 2.75) is 195 Å². The van der Waals surface area contributed by atoms with Gasteiger partial charge in [-0.25, -0.2) is 0 Å². The number of rotatable bonds is 23. The molecule has 0 fully saturated rings. The van der Waals surface area contributed by atoms with Crippen molar-refractivity contribution in [1.29, 1.82) is 0 Å².